The van der Waals surface area contributed by atoms with Crippen LogP contribution in [0.1, 0.15) is 19.3 Å². The maximum absolute atomic E-state index is 11.6. The third kappa shape index (κ3) is 3.59. The molecule has 1 fully saturated rings. The molecule has 70 valence electrons. The van der Waals surface area contributed by atoms with Crippen molar-refractivity contribution in [3.8, 4) is 0 Å². The molecule has 0 aromatic heterocycles. The lowest BCUT2D eigenvalue weighted by atomic mass is 10.4. The highest BCUT2D eigenvalue weighted by Crippen LogP contribution is 2.29. The molecule has 0 atom stereocenters. The van der Waals surface area contributed by atoms with E-state index in [1.807, 2.05) is 0 Å². The number of nitrogens with zero attached hydrogens (tertiary/aromatic N) is 1. The zero-order chi connectivity index (χ0) is 9.19. The van der Waals surface area contributed by atoms with E-state index in [0.717, 1.165) is 12.8 Å². The molecule has 2 nitrogen and oxygen atoms in total. The van der Waals surface area contributed by atoms with Crippen molar-refractivity contribution >= 4 is 5.84 Å². The summed E-state index contributed by atoms with van der Waals surface area (Å²) in [5.74, 6) is 0.650. The first-order valence-corrected chi connectivity index (χ1v) is 3.85. The Kier molecular flexibility index (Phi) is 2.59. The van der Waals surface area contributed by atoms with E-state index in [0.29, 0.717) is 5.84 Å². The Bertz CT molecular complexity index is 182. The lowest BCUT2D eigenvalue weighted by Crippen LogP contribution is -2.16. The summed E-state index contributed by atoms with van der Waals surface area (Å²) in [6.07, 6.45) is -3.05. The molecule has 0 saturated heterocycles. The third-order valence-corrected chi connectivity index (χ3v) is 1.69. The van der Waals surface area contributed by atoms with Gasteiger partial charge < -0.3 is 5.73 Å². The lowest BCUT2D eigenvalue weighted by molar-refractivity contribution is -0.132. The van der Waals surface area contributed by atoms with E-state index in [9.17, 15) is 13.2 Å². The number of amidine groups is 1. The predicted octanol–water partition coefficient (Wildman–Crippen LogP) is 1.71. The molecule has 5 heteroatoms. The molecule has 1 rings (SSSR count). The van der Waals surface area contributed by atoms with Crippen LogP contribution in [0.4, 0.5) is 13.2 Å². The van der Waals surface area contributed by atoms with E-state index in [-0.39, 0.29) is 12.5 Å². The van der Waals surface area contributed by atoms with Gasteiger partial charge in [-0.15, -0.1) is 0 Å². The van der Waals surface area contributed by atoms with E-state index in [2.05, 4.69) is 4.99 Å². The first kappa shape index (κ1) is 9.35. The Morgan fingerprint density at radius 1 is 1.42 bits per heavy atom. The van der Waals surface area contributed by atoms with Crippen LogP contribution >= 0.6 is 0 Å². The standard InChI is InChI=1S/C7H11F3N2/c8-7(9,10)3-4-12-6(11)5-1-2-5/h5H,1-4H2,(H2,11,12). The summed E-state index contributed by atoms with van der Waals surface area (Å²) in [7, 11) is 0. The van der Waals surface area contributed by atoms with Crippen LogP contribution in [0.2, 0.25) is 0 Å². The van der Waals surface area contributed by atoms with Gasteiger partial charge in [-0.25, -0.2) is 0 Å². The molecule has 0 aliphatic heterocycles. The van der Waals surface area contributed by atoms with Gasteiger partial charge in [0.1, 0.15) is 0 Å². The van der Waals surface area contributed by atoms with Crippen molar-refractivity contribution in [3.05, 3.63) is 0 Å². The van der Waals surface area contributed by atoms with Crippen LogP contribution in [0.25, 0.3) is 0 Å². The quantitative estimate of drug-likeness (QED) is 0.521. The lowest BCUT2D eigenvalue weighted by Gasteiger charge is -2.03. The van der Waals surface area contributed by atoms with Gasteiger partial charge in [0.05, 0.1) is 12.3 Å². The topological polar surface area (TPSA) is 38.4 Å². The molecule has 0 amide bonds. The summed E-state index contributed by atoms with van der Waals surface area (Å²) in [5, 5.41) is 0. The number of hydrogen-bond donors (Lipinski definition) is 1. The van der Waals surface area contributed by atoms with Gasteiger partial charge in [0.15, 0.2) is 0 Å². The second kappa shape index (κ2) is 3.33. The molecule has 0 bridgehead atoms. The number of alkyl halides is 3. The van der Waals surface area contributed by atoms with E-state index < -0.39 is 12.6 Å². The van der Waals surface area contributed by atoms with E-state index in [1.165, 1.54) is 0 Å². The highest BCUT2D eigenvalue weighted by atomic mass is 19.4. The van der Waals surface area contributed by atoms with Gasteiger partial charge in [-0.3, -0.25) is 4.99 Å². The summed E-state index contributed by atoms with van der Waals surface area (Å²) in [5.41, 5.74) is 5.39. The molecule has 0 heterocycles. The SMILES string of the molecule is NC(=NCCC(F)(F)F)C1CC1. The van der Waals surface area contributed by atoms with Crippen LogP contribution in [0, 0.1) is 5.92 Å². The minimum Gasteiger partial charge on any atom is -0.387 e. The molecule has 0 spiro atoms. The predicted molar refractivity (Wildman–Crippen MR) is 39.9 cm³/mol. The number of rotatable bonds is 3. The average Bonchev–Trinajstić information content (AvgIpc) is 2.64. The van der Waals surface area contributed by atoms with Gasteiger partial charge in [0, 0.05) is 12.5 Å². The Labute approximate surface area is 68.7 Å². The Hall–Kier alpha value is -0.740. The molecule has 0 unspecified atom stereocenters. The second-order valence-electron chi connectivity index (χ2n) is 2.95. The molecular weight excluding hydrogens is 169 g/mol. The smallest absolute Gasteiger partial charge is 0.387 e. The Morgan fingerprint density at radius 2 is 2.00 bits per heavy atom. The molecule has 1 aliphatic carbocycles. The molecule has 1 aliphatic rings. The summed E-state index contributed by atoms with van der Waals surface area (Å²) >= 11 is 0. The Morgan fingerprint density at radius 3 is 2.42 bits per heavy atom. The highest BCUT2D eigenvalue weighted by molar-refractivity contribution is 5.84. The summed E-state index contributed by atoms with van der Waals surface area (Å²) in [6.45, 7) is -0.230. The van der Waals surface area contributed by atoms with E-state index in [4.69, 9.17) is 5.73 Å². The minimum atomic E-state index is -4.12. The fourth-order valence-electron chi connectivity index (χ4n) is 0.820. The minimum absolute atomic E-state index is 0.230. The van der Waals surface area contributed by atoms with E-state index >= 15 is 0 Å². The van der Waals surface area contributed by atoms with Crippen LogP contribution in [0.15, 0.2) is 4.99 Å². The van der Waals surface area contributed by atoms with Crippen molar-refractivity contribution in [3.63, 3.8) is 0 Å². The number of nitrogens with two attached hydrogens (primary N) is 1. The molecule has 0 aromatic carbocycles. The Balaban J connectivity index is 2.19. The van der Waals surface area contributed by atoms with Gasteiger partial charge in [-0.1, -0.05) is 0 Å². The van der Waals surface area contributed by atoms with Crippen LogP contribution in [-0.4, -0.2) is 18.6 Å². The van der Waals surface area contributed by atoms with Crippen molar-refractivity contribution in [1.29, 1.82) is 0 Å². The zero-order valence-corrected chi connectivity index (χ0v) is 6.56. The number of halogens is 3. The molecule has 12 heavy (non-hydrogen) atoms. The summed E-state index contributed by atoms with van der Waals surface area (Å²) < 4.78 is 34.8. The van der Waals surface area contributed by atoms with Crippen LogP contribution < -0.4 is 5.73 Å². The molecule has 1 saturated carbocycles. The van der Waals surface area contributed by atoms with Crippen molar-refractivity contribution in [2.24, 2.45) is 16.6 Å². The fraction of sp³-hybridized carbons (Fsp3) is 0.857. The van der Waals surface area contributed by atoms with Crippen LogP contribution in [0.5, 0.6) is 0 Å². The van der Waals surface area contributed by atoms with Crippen molar-refractivity contribution < 1.29 is 13.2 Å². The largest absolute Gasteiger partial charge is 0.390 e. The second-order valence-corrected chi connectivity index (χ2v) is 2.95. The molecule has 0 aromatic rings. The van der Waals surface area contributed by atoms with Gasteiger partial charge in [0.25, 0.3) is 0 Å². The fourth-order valence-corrected chi connectivity index (χ4v) is 0.820. The van der Waals surface area contributed by atoms with E-state index in [1.54, 1.807) is 0 Å². The van der Waals surface area contributed by atoms with Gasteiger partial charge in [-0.2, -0.15) is 13.2 Å². The molecular formula is C7H11F3N2. The van der Waals surface area contributed by atoms with Crippen LogP contribution in [0.3, 0.4) is 0 Å². The number of aliphatic imine (C=N–C) groups is 1. The van der Waals surface area contributed by atoms with Gasteiger partial charge in [-0.05, 0) is 12.8 Å². The summed E-state index contributed by atoms with van der Waals surface area (Å²) in [4.78, 5) is 3.65. The first-order valence-electron chi connectivity index (χ1n) is 3.85. The van der Waals surface area contributed by atoms with Gasteiger partial charge in [0.2, 0.25) is 0 Å². The maximum atomic E-state index is 11.6. The van der Waals surface area contributed by atoms with Crippen molar-refractivity contribution in [2.45, 2.75) is 25.4 Å². The van der Waals surface area contributed by atoms with Crippen molar-refractivity contribution in [1.82, 2.24) is 0 Å². The maximum Gasteiger partial charge on any atom is 0.390 e. The first-order chi connectivity index (χ1) is 5.49. The van der Waals surface area contributed by atoms with Crippen LogP contribution in [-0.2, 0) is 0 Å². The number of hydrogen-bond acceptors (Lipinski definition) is 1. The molecule has 2 N–H and O–H groups in total. The average molecular weight is 180 g/mol. The van der Waals surface area contributed by atoms with Crippen molar-refractivity contribution in [2.75, 3.05) is 6.54 Å². The molecule has 0 radical (unpaired) electrons. The monoisotopic (exact) mass is 180 g/mol. The van der Waals surface area contributed by atoms with Gasteiger partial charge >= 0.3 is 6.18 Å². The zero-order valence-electron chi connectivity index (χ0n) is 6.56. The third-order valence-electron chi connectivity index (χ3n) is 1.69. The normalized spacial score (nSPS) is 19.8. The summed E-state index contributed by atoms with van der Waals surface area (Å²) in [6, 6.07) is 0. The highest BCUT2D eigenvalue weighted by Gasteiger charge is 2.28.